The van der Waals surface area contributed by atoms with Crippen LogP contribution in [0.4, 0.5) is 4.39 Å². The third-order valence-corrected chi connectivity index (χ3v) is 4.30. The Balaban J connectivity index is 1.48. The van der Waals surface area contributed by atoms with Crippen molar-refractivity contribution in [1.82, 2.24) is 19.9 Å². The average molecular weight is 348 g/mol. The third-order valence-electron chi connectivity index (χ3n) is 4.30. The van der Waals surface area contributed by atoms with Gasteiger partial charge in [-0.2, -0.15) is 0 Å². The highest BCUT2D eigenvalue weighted by Gasteiger charge is 2.11. The quantitative estimate of drug-likeness (QED) is 0.580. The molecule has 0 saturated carbocycles. The summed E-state index contributed by atoms with van der Waals surface area (Å²) in [5.41, 5.74) is 3.30. The molecule has 26 heavy (non-hydrogen) atoms. The predicted molar refractivity (Wildman–Crippen MR) is 97.2 cm³/mol. The van der Waals surface area contributed by atoms with Crippen molar-refractivity contribution < 1.29 is 9.18 Å². The Kier molecular flexibility index (Phi) is 4.23. The predicted octanol–water partition coefficient (Wildman–Crippen LogP) is 3.48. The van der Waals surface area contributed by atoms with Crippen molar-refractivity contribution in [2.45, 2.75) is 13.1 Å². The zero-order valence-electron chi connectivity index (χ0n) is 13.9. The van der Waals surface area contributed by atoms with E-state index in [-0.39, 0.29) is 11.7 Å². The van der Waals surface area contributed by atoms with Crippen molar-refractivity contribution in [2.75, 3.05) is 0 Å². The summed E-state index contributed by atoms with van der Waals surface area (Å²) in [6.45, 7) is 1.10. The van der Waals surface area contributed by atoms with Gasteiger partial charge in [0.1, 0.15) is 11.5 Å². The number of carbonyl (C=O) groups excluding carboxylic acids is 1. The molecular weight excluding hydrogens is 331 g/mol. The van der Waals surface area contributed by atoms with Gasteiger partial charge < -0.3 is 14.9 Å². The van der Waals surface area contributed by atoms with Crippen LogP contribution in [0.3, 0.4) is 0 Å². The van der Waals surface area contributed by atoms with Crippen LogP contribution in [0.5, 0.6) is 0 Å². The third kappa shape index (κ3) is 3.35. The number of carbonyl (C=O) groups is 1. The minimum Gasteiger partial charge on any atom is -0.351 e. The molecule has 5 nitrogen and oxygen atoms in total. The molecule has 4 aromatic rings. The van der Waals surface area contributed by atoms with E-state index >= 15 is 0 Å². The summed E-state index contributed by atoms with van der Waals surface area (Å²) in [7, 11) is 0. The van der Waals surface area contributed by atoms with E-state index in [1.807, 2.05) is 35.0 Å². The van der Waals surface area contributed by atoms with Crippen LogP contribution in [0, 0.1) is 5.82 Å². The van der Waals surface area contributed by atoms with E-state index in [4.69, 9.17) is 0 Å². The average Bonchev–Trinajstić information content (AvgIpc) is 3.30. The largest absolute Gasteiger partial charge is 0.351 e. The molecule has 0 unspecified atom stereocenters. The number of aromatic nitrogens is 3. The van der Waals surface area contributed by atoms with Gasteiger partial charge in [0.2, 0.25) is 0 Å². The van der Waals surface area contributed by atoms with Gasteiger partial charge in [0.15, 0.2) is 0 Å². The summed E-state index contributed by atoms with van der Waals surface area (Å²) < 4.78 is 15.3. The zero-order chi connectivity index (χ0) is 17.9. The topological polar surface area (TPSA) is 62.7 Å². The molecule has 6 heteroatoms. The maximum absolute atomic E-state index is 13.3. The summed E-state index contributed by atoms with van der Waals surface area (Å²) in [5.74, 6) is -0.545. The van der Waals surface area contributed by atoms with E-state index in [2.05, 4.69) is 15.3 Å². The first kappa shape index (κ1) is 16.1. The van der Waals surface area contributed by atoms with Crippen LogP contribution >= 0.6 is 0 Å². The van der Waals surface area contributed by atoms with Crippen LogP contribution in [0.1, 0.15) is 21.6 Å². The van der Waals surface area contributed by atoms with E-state index in [0.717, 1.165) is 16.6 Å². The first-order valence-corrected chi connectivity index (χ1v) is 8.28. The lowest BCUT2D eigenvalue weighted by Crippen LogP contribution is -2.23. The number of hydrogen-bond acceptors (Lipinski definition) is 2. The van der Waals surface area contributed by atoms with Crippen molar-refractivity contribution >= 4 is 16.8 Å². The van der Waals surface area contributed by atoms with Gasteiger partial charge >= 0.3 is 0 Å². The molecule has 4 rings (SSSR count). The van der Waals surface area contributed by atoms with E-state index in [1.165, 1.54) is 12.1 Å². The fourth-order valence-electron chi connectivity index (χ4n) is 2.96. The van der Waals surface area contributed by atoms with E-state index < -0.39 is 0 Å². The molecule has 2 N–H and O–H groups in total. The minimum absolute atomic E-state index is 0.223. The Bertz CT molecular complexity index is 1050. The Hall–Kier alpha value is -3.41. The van der Waals surface area contributed by atoms with Gasteiger partial charge in [0.25, 0.3) is 5.91 Å². The SMILES string of the molecule is O=C(NCc1ccccc1Cn1ccnc1)c1cc2cc(F)ccc2[nH]1. The lowest BCUT2D eigenvalue weighted by atomic mass is 10.1. The number of H-pyrrole nitrogens is 1. The number of nitrogens with one attached hydrogen (secondary N) is 2. The Morgan fingerprint density at radius 1 is 1.15 bits per heavy atom. The molecule has 0 aliphatic carbocycles. The van der Waals surface area contributed by atoms with Crippen LogP contribution in [0.2, 0.25) is 0 Å². The van der Waals surface area contributed by atoms with Gasteiger partial charge in [0, 0.05) is 36.4 Å². The Labute approximate surface area is 149 Å². The van der Waals surface area contributed by atoms with Gasteiger partial charge in [0.05, 0.1) is 6.33 Å². The monoisotopic (exact) mass is 348 g/mol. The van der Waals surface area contributed by atoms with Gasteiger partial charge in [-0.15, -0.1) is 0 Å². The minimum atomic E-state index is -0.322. The molecule has 0 bridgehead atoms. The molecule has 1 amide bonds. The number of benzene rings is 2. The number of amides is 1. The number of halogens is 1. The molecule has 0 saturated heterocycles. The van der Waals surface area contributed by atoms with Crippen molar-refractivity contribution in [3.05, 3.63) is 89.9 Å². The highest BCUT2D eigenvalue weighted by molar-refractivity contribution is 5.97. The van der Waals surface area contributed by atoms with Crippen LogP contribution in [0.25, 0.3) is 10.9 Å². The first-order chi connectivity index (χ1) is 12.7. The molecule has 0 fully saturated rings. The fraction of sp³-hybridized carbons (Fsp3) is 0.100. The van der Waals surface area contributed by atoms with Crippen LogP contribution < -0.4 is 5.32 Å². The number of hydrogen-bond donors (Lipinski definition) is 2. The van der Waals surface area contributed by atoms with Crippen LogP contribution in [-0.4, -0.2) is 20.4 Å². The fourth-order valence-corrected chi connectivity index (χ4v) is 2.96. The van der Waals surface area contributed by atoms with Crippen LogP contribution in [-0.2, 0) is 13.1 Å². The highest BCUT2D eigenvalue weighted by atomic mass is 19.1. The molecule has 130 valence electrons. The van der Waals surface area contributed by atoms with Gasteiger partial charge in [-0.25, -0.2) is 9.37 Å². The molecule has 2 aromatic heterocycles. The van der Waals surface area contributed by atoms with E-state index in [0.29, 0.717) is 24.2 Å². The smallest absolute Gasteiger partial charge is 0.267 e. The van der Waals surface area contributed by atoms with Gasteiger partial charge in [-0.05, 0) is 35.4 Å². The summed E-state index contributed by atoms with van der Waals surface area (Å²) >= 11 is 0. The molecule has 2 aromatic carbocycles. The molecule has 0 aliphatic heterocycles. The van der Waals surface area contributed by atoms with Crippen molar-refractivity contribution in [3.8, 4) is 0 Å². The molecule has 0 radical (unpaired) electrons. The van der Waals surface area contributed by atoms with Crippen molar-refractivity contribution in [1.29, 1.82) is 0 Å². The molecule has 0 atom stereocenters. The first-order valence-electron chi connectivity index (χ1n) is 8.28. The van der Waals surface area contributed by atoms with Crippen molar-refractivity contribution in [3.63, 3.8) is 0 Å². The molecule has 2 heterocycles. The second kappa shape index (κ2) is 6.84. The number of aromatic amines is 1. The number of fused-ring (bicyclic) bond motifs is 1. The summed E-state index contributed by atoms with van der Waals surface area (Å²) in [4.78, 5) is 19.5. The molecule has 0 aliphatic rings. The second-order valence-electron chi connectivity index (χ2n) is 6.10. The van der Waals surface area contributed by atoms with Gasteiger partial charge in [-0.3, -0.25) is 4.79 Å². The number of nitrogens with zero attached hydrogens (tertiary/aromatic N) is 2. The number of imidazole rings is 1. The van der Waals surface area contributed by atoms with Gasteiger partial charge in [-0.1, -0.05) is 24.3 Å². The Morgan fingerprint density at radius 2 is 2.00 bits per heavy atom. The summed E-state index contributed by atoms with van der Waals surface area (Å²) in [5, 5.41) is 3.60. The molecular formula is C20H17FN4O. The number of rotatable bonds is 5. The highest BCUT2D eigenvalue weighted by Crippen LogP contribution is 2.17. The summed E-state index contributed by atoms with van der Waals surface area (Å²) in [6, 6.07) is 14.0. The van der Waals surface area contributed by atoms with Crippen molar-refractivity contribution in [2.24, 2.45) is 0 Å². The van der Waals surface area contributed by atoms with Crippen LogP contribution in [0.15, 0.2) is 67.3 Å². The maximum Gasteiger partial charge on any atom is 0.267 e. The zero-order valence-corrected chi connectivity index (χ0v) is 13.9. The standard InChI is InChI=1S/C20H17FN4O/c21-17-5-6-18-16(9-17)10-19(24-18)20(26)23-11-14-3-1-2-4-15(14)12-25-8-7-22-13-25/h1-10,13,24H,11-12H2,(H,23,26). The van der Waals surface area contributed by atoms with E-state index in [9.17, 15) is 9.18 Å². The normalized spacial score (nSPS) is 11.0. The summed E-state index contributed by atoms with van der Waals surface area (Å²) in [6.07, 6.45) is 5.40. The Morgan fingerprint density at radius 3 is 2.81 bits per heavy atom. The lowest BCUT2D eigenvalue weighted by molar-refractivity contribution is 0.0946. The van der Waals surface area contributed by atoms with E-state index in [1.54, 1.807) is 24.7 Å². The lowest BCUT2D eigenvalue weighted by Gasteiger charge is -2.11. The maximum atomic E-state index is 13.3. The second-order valence-corrected chi connectivity index (χ2v) is 6.10. The molecule has 0 spiro atoms.